The number of hydrogen-bond acceptors (Lipinski definition) is 6. The third kappa shape index (κ3) is 5.48. The Morgan fingerprint density at radius 2 is 1.76 bits per heavy atom. The van der Waals surface area contributed by atoms with Gasteiger partial charge in [-0.1, -0.05) is 0 Å². The Morgan fingerprint density at radius 1 is 1.06 bits per heavy atom. The van der Waals surface area contributed by atoms with Gasteiger partial charge < -0.3 is 20.1 Å². The maximum absolute atomic E-state index is 14.0. The van der Waals surface area contributed by atoms with Crippen molar-refractivity contribution in [2.24, 2.45) is 0 Å². The number of aliphatic hydroxyl groups is 2. The van der Waals surface area contributed by atoms with Crippen LogP contribution in [0.2, 0.25) is 0 Å². The van der Waals surface area contributed by atoms with Crippen LogP contribution in [-0.2, 0) is 25.7 Å². The van der Waals surface area contributed by atoms with Gasteiger partial charge in [-0.25, -0.2) is 13.2 Å². The summed E-state index contributed by atoms with van der Waals surface area (Å²) in [7, 11) is 0. The summed E-state index contributed by atoms with van der Waals surface area (Å²) < 4.78 is 81.0. The lowest BCUT2D eigenvalue weighted by atomic mass is 9.94. The summed E-state index contributed by atoms with van der Waals surface area (Å²) >= 11 is 0. The number of halogens is 6. The largest absolute Gasteiger partial charge is 0.451 e. The van der Waals surface area contributed by atoms with Crippen LogP contribution in [0.3, 0.4) is 0 Å². The van der Waals surface area contributed by atoms with Crippen LogP contribution in [0.4, 0.5) is 26.3 Å². The summed E-state index contributed by atoms with van der Waals surface area (Å²) in [4.78, 5) is 1.71. The lowest BCUT2D eigenvalue weighted by Crippen LogP contribution is -2.49. The second kappa shape index (κ2) is 9.20. The van der Waals surface area contributed by atoms with E-state index >= 15 is 0 Å². The maximum Gasteiger partial charge on any atom is 0.451 e. The Balaban J connectivity index is 1.50. The SMILES string of the molecule is OC(Cc1cc(F)c(F)cc1F)CC([C@H](O)CC1CN1)N1CCn2c(nnc2C(F)(F)F)C1. The van der Waals surface area contributed by atoms with E-state index in [4.69, 9.17) is 0 Å². The summed E-state index contributed by atoms with van der Waals surface area (Å²) in [5.74, 6) is -4.60. The van der Waals surface area contributed by atoms with Crippen LogP contribution in [0, 0.1) is 17.5 Å². The van der Waals surface area contributed by atoms with Crippen LogP contribution < -0.4 is 5.32 Å². The molecule has 0 saturated carbocycles. The van der Waals surface area contributed by atoms with Gasteiger partial charge in [-0.2, -0.15) is 13.2 Å². The fraction of sp³-hybridized carbons (Fsp3) is 0.600. The van der Waals surface area contributed by atoms with E-state index in [0.29, 0.717) is 18.6 Å². The first-order valence-electron chi connectivity index (χ1n) is 10.5. The van der Waals surface area contributed by atoms with Crippen molar-refractivity contribution < 1.29 is 36.6 Å². The molecule has 3 unspecified atom stereocenters. The molecule has 0 amide bonds. The van der Waals surface area contributed by atoms with Crippen molar-refractivity contribution in [2.45, 2.75) is 62.8 Å². The zero-order valence-corrected chi connectivity index (χ0v) is 17.4. The highest BCUT2D eigenvalue weighted by Gasteiger charge is 2.41. The molecule has 3 N–H and O–H groups in total. The average Bonchev–Trinajstić information content (AvgIpc) is 3.43. The molecule has 13 heteroatoms. The van der Waals surface area contributed by atoms with E-state index in [1.165, 1.54) is 0 Å². The van der Waals surface area contributed by atoms with Crippen molar-refractivity contribution in [3.8, 4) is 0 Å². The van der Waals surface area contributed by atoms with E-state index < -0.39 is 47.7 Å². The predicted octanol–water partition coefficient (Wildman–Crippen LogP) is 1.61. The van der Waals surface area contributed by atoms with Crippen molar-refractivity contribution in [3.05, 3.63) is 46.8 Å². The number of aliphatic hydroxyl groups excluding tert-OH is 2. The average molecular weight is 479 g/mol. The Labute approximate surface area is 185 Å². The summed E-state index contributed by atoms with van der Waals surface area (Å²) in [6.07, 6.45) is -6.83. The van der Waals surface area contributed by atoms with E-state index in [-0.39, 0.29) is 49.9 Å². The Kier molecular flexibility index (Phi) is 6.67. The summed E-state index contributed by atoms with van der Waals surface area (Å²) in [5.41, 5.74) is -0.216. The van der Waals surface area contributed by atoms with Gasteiger partial charge in [-0.15, -0.1) is 10.2 Å². The summed E-state index contributed by atoms with van der Waals surface area (Å²) in [6, 6.07) is 0.484. The van der Waals surface area contributed by atoms with Crippen LogP contribution in [0.25, 0.3) is 0 Å². The van der Waals surface area contributed by atoms with Crippen molar-refractivity contribution in [1.29, 1.82) is 0 Å². The van der Waals surface area contributed by atoms with E-state index in [9.17, 15) is 36.6 Å². The molecule has 7 nitrogen and oxygen atoms in total. The molecular weight excluding hydrogens is 456 g/mol. The van der Waals surface area contributed by atoms with Gasteiger partial charge in [0.1, 0.15) is 11.6 Å². The number of benzene rings is 1. The lowest BCUT2D eigenvalue weighted by Gasteiger charge is -2.38. The smallest absolute Gasteiger partial charge is 0.393 e. The minimum atomic E-state index is -4.64. The van der Waals surface area contributed by atoms with Crippen LogP contribution in [0.1, 0.15) is 30.1 Å². The van der Waals surface area contributed by atoms with Crippen molar-refractivity contribution in [1.82, 2.24) is 25.0 Å². The number of rotatable bonds is 8. The van der Waals surface area contributed by atoms with E-state index in [0.717, 1.165) is 11.1 Å². The number of nitrogens with zero attached hydrogens (tertiary/aromatic N) is 4. The second-order valence-electron chi connectivity index (χ2n) is 8.49. The number of fused-ring (bicyclic) bond motifs is 1. The molecule has 2 aliphatic heterocycles. The molecular formula is C20H23F6N5O2. The maximum atomic E-state index is 14.0. The molecule has 0 bridgehead atoms. The Hall–Kier alpha value is -2.22. The molecule has 182 valence electrons. The number of alkyl halides is 3. The monoisotopic (exact) mass is 479 g/mol. The zero-order valence-electron chi connectivity index (χ0n) is 17.4. The number of hydrogen-bond donors (Lipinski definition) is 3. The van der Waals surface area contributed by atoms with Gasteiger partial charge in [0, 0.05) is 44.2 Å². The standard InChI is InChI=1S/C20H23F6N5O2/c21-13-7-15(23)14(22)4-10(13)3-12(32)6-16(17(33)5-11-8-27-11)30-1-2-31-18(9-30)28-29-19(31)20(24,25)26/h4,7,11-12,16-17,27,32-33H,1-3,5-6,8-9H2/t11?,12?,16?,17-/m1/s1. The van der Waals surface area contributed by atoms with Crippen LogP contribution in [0.15, 0.2) is 12.1 Å². The molecule has 1 aromatic heterocycles. The Bertz CT molecular complexity index is 996. The van der Waals surface area contributed by atoms with Gasteiger partial charge in [0.25, 0.3) is 0 Å². The zero-order chi connectivity index (χ0) is 23.9. The molecule has 0 aliphatic carbocycles. The minimum absolute atomic E-state index is 0.0326. The molecule has 0 spiro atoms. The molecule has 4 atom stereocenters. The van der Waals surface area contributed by atoms with Gasteiger partial charge in [0.2, 0.25) is 5.82 Å². The molecule has 1 fully saturated rings. The number of nitrogens with one attached hydrogen (secondary N) is 1. The van der Waals surface area contributed by atoms with Gasteiger partial charge >= 0.3 is 6.18 Å². The van der Waals surface area contributed by atoms with Crippen LogP contribution in [0.5, 0.6) is 0 Å². The normalized spacial score (nSPS) is 21.5. The summed E-state index contributed by atoms with van der Waals surface area (Å²) in [5, 5.41) is 31.3. The van der Waals surface area contributed by atoms with Crippen molar-refractivity contribution in [3.63, 3.8) is 0 Å². The lowest BCUT2D eigenvalue weighted by molar-refractivity contribution is -0.148. The van der Waals surface area contributed by atoms with Gasteiger partial charge in [0.15, 0.2) is 11.6 Å². The fourth-order valence-electron chi connectivity index (χ4n) is 4.25. The third-order valence-electron chi connectivity index (χ3n) is 6.03. The molecule has 1 saturated heterocycles. The molecule has 1 aromatic carbocycles. The van der Waals surface area contributed by atoms with Crippen molar-refractivity contribution in [2.75, 3.05) is 13.1 Å². The van der Waals surface area contributed by atoms with Gasteiger partial charge in [0.05, 0.1) is 18.8 Å². The highest BCUT2D eigenvalue weighted by Crippen LogP contribution is 2.31. The first kappa shape index (κ1) is 23.9. The first-order valence-corrected chi connectivity index (χ1v) is 10.5. The highest BCUT2D eigenvalue weighted by molar-refractivity contribution is 5.21. The van der Waals surface area contributed by atoms with Gasteiger partial charge in [-0.05, 0) is 24.5 Å². The van der Waals surface area contributed by atoms with E-state index in [2.05, 4.69) is 15.5 Å². The number of aromatic nitrogens is 3. The first-order chi connectivity index (χ1) is 15.5. The molecule has 2 aromatic rings. The molecule has 2 aliphatic rings. The minimum Gasteiger partial charge on any atom is -0.393 e. The van der Waals surface area contributed by atoms with Crippen LogP contribution >= 0.6 is 0 Å². The van der Waals surface area contributed by atoms with Crippen LogP contribution in [-0.4, -0.2) is 67.3 Å². The second-order valence-corrected chi connectivity index (χ2v) is 8.49. The highest BCUT2D eigenvalue weighted by atomic mass is 19.4. The molecule has 0 radical (unpaired) electrons. The quantitative estimate of drug-likeness (QED) is 0.303. The fourth-order valence-corrected chi connectivity index (χ4v) is 4.25. The topological polar surface area (TPSA) is 96.3 Å². The predicted molar refractivity (Wildman–Crippen MR) is 102 cm³/mol. The molecule has 4 rings (SSSR count). The molecule has 3 heterocycles. The van der Waals surface area contributed by atoms with E-state index in [1.807, 2.05) is 0 Å². The van der Waals surface area contributed by atoms with Crippen molar-refractivity contribution >= 4 is 0 Å². The molecule has 33 heavy (non-hydrogen) atoms. The third-order valence-corrected chi connectivity index (χ3v) is 6.03. The Morgan fingerprint density at radius 3 is 2.42 bits per heavy atom. The summed E-state index contributed by atoms with van der Waals surface area (Å²) in [6.45, 7) is 0.765. The van der Waals surface area contributed by atoms with E-state index in [1.54, 1.807) is 4.90 Å². The van der Waals surface area contributed by atoms with Gasteiger partial charge in [-0.3, -0.25) is 4.90 Å².